The standard InChI is InChI=1S/C14H14N2O2S/c15-13-3-1-2-4-14(13)19-10-9-11-5-7-12(8-6-11)16(17)18/h1-8H,9-10,15H2. The Hall–Kier alpha value is -2.01. The predicted octanol–water partition coefficient (Wildman–Crippen LogP) is 3.51. The number of nitro benzene ring substituents is 1. The SMILES string of the molecule is Nc1ccccc1SCCc1ccc([N+](=O)[O-])cc1. The lowest BCUT2D eigenvalue weighted by molar-refractivity contribution is -0.384. The van der Waals surface area contributed by atoms with Crippen molar-refractivity contribution in [2.75, 3.05) is 11.5 Å². The summed E-state index contributed by atoms with van der Waals surface area (Å²) >= 11 is 1.69. The van der Waals surface area contributed by atoms with E-state index in [4.69, 9.17) is 5.73 Å². The maximum absolute atomic E-state index is 10.5. The quantitative estimate of drug-likeness (QED) is 0.392. The summed E-state index contributed by atoms with van der Waals surface area (Å²) in [6.45, 7) is 0. The fraction of sp³-hybridized carbons (Fsp3) is 0.143. The Labute approximate surface area is 115 Å². The molecule has 0 aliphatic rings. The van der Waals surface area contributed by atoms with Crippen LogP contribution in [-0.4, -0.2) is 10.7 Å². The number of nitro groups is 1. The van der Waals surface area contributed by atoms with Gasteiger partial charge >= 0.3 is 0 Å². The fourth-order valence-corrected chi connectivity index (χ4v) is 2.64. The lowest BCUT2D eigenvalue weighted by Crippen LogP contribution is -1.93. The first kappa shape index (κ1) is 13.4. The van der Waals surface area contributed by atoms with Crippen molar-refractivity contribution >= 4 is 23.1 Å². The zero-order chi connectivity index (χ0) is 13.7. The van der Waals surface area contributed by atoms with E-state index < -0.39 is 0 Å². The number of rotatable bonds is 5. The minimum atomic E-state index is -0.386. The number of non-ortho nitro benzene ring substituents is 1. The molecule has 0 saturated heterocycles. The van der Waals surface area contributed by atoms with Crippen LogP contribution < -0.4 is 5.73 Å². The van der Waals surface area contributed by atoms with E-state index in [2.05, 4.69) is 0 Å². The van der Waals surface area contributed by atoms with Crippen molar-refractivity contribution in [3.63, 3.8) is 0 Å². The maximum atomic E-state index is 10.5. The van der Waals surface area contributed by atoms with Gasteiger partial charge in [0.05, 0.1) is 4.92 Å². The highest BCUT2D eigenvalue weighted by molar-refractivity contribution is 7.99. The van der Waals surface area contributed by atoms with Gasteiger partial charge in [0.1, 0.15) is 0 Å². The molecule has 5 heteroatoms. The fourth-order valence-electron chi connectivity index (χ4n) is 1.68. The lowest BCUT2D eigenvalue weighted by atomic mass is 10.1. The van der Waals surface area contributed by atoms with E-state index >= 15 is 0 Å². The zero-order valence-electron chi connectivity index (χ0n) is 10.3. The molecular weight excluding hydrogens is 260 g/mol. The average molecular weight is 274 g/mol. The number of nitrogens with zero attached hydrogens (tertiary/aromatic N) is 1. The summed E-state index contributed by atoms with van der Waals surface area (Å²) in [5, 5.41) is 10.5. The molecule has 0 aromatic heterocycles. The summed E-state index contributed by atoms with van der Waals surface area (Å²) < 4.78 is 0. The highest BCUT2D eigenvalue weighted by Gasteiger charge is 2.04. The first-order valence-electron chi connectivity index (χ1n) is 5.87. The molecule has 0 aliphatic heterocycles. The van der Waals surface area contributed by atoms with Crippen LogP contribution in [0, 0.1) is 10.1 Å². The van der Waals surface area contributed by atoms with E-state index in [0.717, 1.165) is 28.3 Å². The second kappa shape index (κ2) is 6.24. The van der Waals surface area contributed by atoms with Crippen LogP contribution in [0.1, 0.15) is 5.56 Å². The summed E-state index contributed by atoms with van der Waals surface area (Å²) in [5.74, 6) is 0.895. The third-order valence-electron chi connectivity index (χ3n) is 2.71. The molecule has 0 radical (unpaired) electrons. The van der Waals surface area contributed by atoms with Gasteiger partial charge in [-0.15, -0.1) is 11.8 Å². The Balaban J connectivity index is 1.89. The van der Waals surface area contributed by atoms with Gasteiger partial charge < -0.3 is 5.73 Å². The molecule has 2 N–H and O–H groups in total. The molecular formula is C14H14N2O2S. The number of hydrogen-bond acceptors (Lipinski definition) is 4. The minimum Gasteiger partial charge on any atom is -0.398 e. The largest absolute Gasteiger partial charge is 0.398 e. The van der Waals surface area contributed by atoms with E-state index in [1.54, 1.807) is 23.9 Å². The number of para-hydroxylation sites is 1. The molecule has 0 unspecified atom stereocenters. The van der Waals surface area contributed by atoms with Crippen LogP contribution in [0.5, 0.6) is 0 Å². The van der Waals surface area contributed by atoms with Gasteiger partial charge in [-0.3, -0.25) is 10.1 Å². The molecule has 0 heterocycles. The molecule has 0 amide bonds. The molecule has 0 spiro atoms. The third kappa shape index (κ3) is 3.72. The first-order chi connectivity index (χ1) is 9.16. The Morgan fingerprint density at radius 1 is 1.11 bits per heavy atom. The van der Waals surface area contributed by atoms with Crippen molar-refractivity contribution in [1.82, 2.24) is 0 Å². The van der Waals surface area contributed by atoms with Crippen molar-refractivity contribution in [3.8, 4) is 0 Å². The topological polar surface area (TPSA) is 69.2 Å². The number of nitrogens with two attached hydrogens (primary N) is 1. The molecule has 19 heavy (non-hydrogen) atoms. The van der Waals surface area contributed by atoms with Crippen LogP contribution in [0.15, 0.2) is 53.4 Å². The maximum Gasteiger partial charge on any atom is 0.269 e. The van der Waals surface area contributed by atoms with Crippen LogP contribution >= 0.6 is 11.8 Å². The van der Waals surface area contributed by atoms with Crippen molar-refractivity contribution in [2.24, 2.45) is 0 Å². The van der Waals surface area contributed by atoms with Gasteiger partial charge in [-0.1, -0.05) is 24.3 Å². The molecule has 0 fully saturated rings. The van der Waals surface area contributed by atoms with Crippen LogP contribution in [0.25, 0.3) is 0 Å². The minimum absolute atomic E-state index is 0.128. The van der Waals surface area contributed by atoms with E-state index in [9.17, 15) is 10.1 Å². The van der Waals surface area contributed by atoms with Gasteiger partial charge in [0.2, 0.25) is 0 Å². The molecule has 2 aromatic carbocycles. The van der Waals surface area contributed by atoms with Crippen LogP contribution in [-0.2, 0) is 6.42 Å². The molecule has 2 aromatic rings. The third-order valence-corrected chi connectivity index (χ3v) is 3.81. The summed E-state index contributed by atoms with van der Waals surface area (Å²) in [6, 6.07) is 14.4. The highest BCUT2D eigenvalue weighted by atomic mass is 32.2. The van der Waals surface area contributed by atoms with Gasteiger partial charge in [-0.2, -0.15) is 0 Å². The molecule has 4 nitrogen and oxygen atoms in total. The Bertz CT molecular complexity index is 570. The van der Waals surface area contributed by atoms with E-state index in [1.807, 2.05) is 24.3 Å². The van der Waals surface area contributed by atoms with Crippen LogP contribution in [0.3, 0.4) is 0 Å². The van der Waals surface area contributed by atoms with E-state index in [0.29, 0.717) is 0 Å². The van der Waals surface area contributed by atoms with Gasteiger partial charge in [-0.05, 0) is 24.1 Å². The number of thioether (sulfide) groups is 1. The first-order valence-corrected chi connectivity index (χ1v) is 6.86. The summed E-state index contributed by atoms with van der Waals surface area (Å²) in [5.41, 5.74) is 7.86. The lowest BCUT2D eigenvalue weighted by Gasteiger charge is -2.05. The number of nitrogen functional groups attached to an aromatic ring is 1. The summed E-state index contributed by atoms with van der Waals surface area (Å²) in [7, 11) is 0. The number of benzene rings is 2. The number of hydrogen-bond donors (Lipinski definition) is 1. The van der Waals surface area contributed by atoms with Gasteiger partial charge in [0, 0.05) is 28.5 Å². The van der Waals surface area contributed by atoms with Crippen molar-refractivity contribution in [1.29, 1.82) is 0 Å². The normalized spacial score (nSPS) is 10.3. The molecule has 0 bridgehead atoms. The molecule has 0 aliphatic carbocycles. The Morgan fingerprint density at radius 3 is 2.42 bits per heavy atom. The van der Waals surface area contributed by atoms with Gasteiger partial charge in [0.15, 0.2) is 0 Å². The molecule has 0 saturated carbocycles. The number of anilines is 1. The van der Waals surface area contributed by atoms with Gasteiger partial charge in [-0.25, -0.2) is 0 Å². The zero-order valence-corrected chi connectivity index (χ0v) is 11.1. The van der Waals surface area contributed by atoms with E-state index in [1.165, 1.54) is 12.1 Å². The molecule has 0 atom stereocenters. The van der Waals surface area contributed by atoms with Crippen LogP contribution in [0.2, 0.25) is 0 Å². The molecule has 2 rings (SSSR count). The smallest absolute Gasteiger partial charge is 0.269 e. The average Bonchev–Trinajstić information content (AvgIpc) is 2.41. The Morgan fingerprint density at radius 2 is 1.79 bits per heavy atom. The van der Waals surface area contributed by atoms with Crippen molar-refractivity contribution in [3.05, 3.63) is 64.2 Å². The predicted molar refractivity (Wildman–Crippen MR) is 78.4 cm³/mol. The Kier molecular flexibility index (Phi) is 4.41. The van der Waals surface area contributed by atoms with Crippen molar-refractivity contribution < 1.29 is 4.92 Å². The number of aryl methyl sites for hydroxylation is 1. The van der Waals surface area contributed by atoms with E-state index in [-0.39, 0.29) is 10.6 Å². The highest BCUT2D eigenvalue weighted by Crippen LogP contribution is 2.25. The summed E-state index contributed by atoms with van der Waals surface area (Å²) in [4.78, 5) is 11.2. The van der Waals surface area contributed by atoms with Crippen molar-refractivity contribution in [2.45, 2.75) is 11.3 Å². The summed E-state index contributed by atoms with van der Waals surface area (Å²) in [6.07, 6.45) is 0.858. The van der Waals surface area contributed by atoms with Gasteiger partial charge in [0.25, 0.3) is 5.69 Å². The van der Waals surface area contributed by atoms with Crippen LogP contribution in [0.4, 0.5) is 11.4 Å². The second-order valence-corrected chi connectivity index (χ2v) is 5.20. The molecule has 98 valence electrons. The monoisotopic (exact) mass is 274 g/mol. The second-order valence-electron chi connectivity index (χ2n) is 4.06.